The molecule has 0 spiro atoms. The van der Waals surface area contributed by atoms with Crippen LogP contribution in [0.2, 0.25) is 0 Å². The molecule has 0 amide bonds. The van der Waals surface area contributed by atoms with Crippen LogP contribution in [-0.2, 0) is 4.74 Å². The van der Waals surface area contributed by atoms with Crippen molar-refractivity contribution in [3.05, 3.63) is 27.1 Å². The van der Waals surface area contributed by atoms with Gasteiger partial charge in [0.2, 0.25) is 5.82 Å². The number of nitrogens with one attached hydrogen (secondary N) is 1. The number of aliphatic hydroxyl groups excluding tert-OH is 2. The number of aromatic amines is 1. The van der Waals surface area contributed by atoms with Crippen LogP contribution in [-0.4, -0.2) is 44.8 Å². The molecule has 9 heteroatoms. The van der Waals surface area contributed by atoms with Gasteiger partial charge < -0.3 is 14.9 Å². The summed E-state index contributed by atoms with van der Waals surface area (Å²) in [5.41, 5.74) is -3.10. The largest absolute Gasteiger partial charge is 0.396 e. The van der Waals surface area contributed by atoms with Gasteiger partial charge in [0.05, 0.1) is 25.5 Å². The highest BCUT2D eigenvalue weighted by Crippen LogP contribution is 2.45. The summed E-state index contributed by atoms with van der Waals surface area (Å²) < 4.78 is 34.2. The fourth-order valence-corrected chi connectivity index (χ4v) is 2.62. The Morgan fingerprint density at radius 2 is 2.20 bits per heavy atom. The molecule has 1 aromatic heterocycles. The van der Waals surface area contributed by atoms with E-state index in [1.165, 1.54) is 6.92 Å². The molecule has 0 aromatic carbocycles. The third-order valence-corrected chi connectivity index (χ3v) is 3.83. The van der Waals surface area contributed by atoms with E-state index >= 15 is 0 Å². The molecule has 6 nitrogen and oxygen atoms in total. The maximum absolute atomic E-state index is 14.8. The molecule has 1 saturated heterocycles. The lowest BCUT2D eigenvalue weighted by Crippen LogP contribution is -2.38. The highest BCUT2D eigenvalue weighted by atomic mass is 32.1. The van der Waals surface area contributed by atoms with Crippen LogP contribution >= 0.6 is 12.2 Å². The fraction of sp³-hybridized carbons (Fsp3) is 0.636. The predicted molar refractivity (Wildman–Crippen MR) is 66.9 cm³/mol. The topological polar surface area (TPSA) is 87.5 Å². The minimum absolute atomic E-state index is 0.208. The minimum atomic E-state index is -2.09. The van der Waals surface area contributed by atoms with Gasteiger partial charge in [-0.15, -0.1) is 0 Å². The van der Waals surface area contributed by atoms with E-state index in [2.05, 4.69) is 4.98 Å². The second-order valence-electron chi connectivity index (χ2n) is 4.79. The molecule has 1 fully saturated rings. The first-order chi connectivity index (χ1) is 9.32. The summed E-state index contributed by atoms with van der Waals surface area (Å²) in [6.07, 6.45) is -1.55. The molecular weight excluding hydrogens is 294 g/mol. The SMILES string of the molecule is CC1(F)C(CO)[C@@H](CO)O[C@H]1n1cc(F)c(=O)[nH]c1=S. The van der Waals surface area contributed by atoms with Gasteiger partial charge in [0.15, 0.2) is 16.7 Å². The van der Waals surface area contributed by atoms with Crippen molar-refractivity contribution >= 4 is 12.2 Å². The Morgan fingerprint density at radius 3 is 2.70 bits per heavy atom. The number of halogens is 2. The number of rotatable bonds is 3. The van der Waals surface area contributed by atoms with Gasteiger partial charge in [-0.2, -0.15) is 4.39 Å². The average molecular weight is 308 g/mol. The molecule has 112 valence electrons. The first-order valence-electron chi connectivity index (χ1n) is 5.90. The third kappa shape index (κ3) is 2.30. The number of aromatic nitrogens is 2. The smallest absolute Gasteiger partial charge is 0.287 e. The van der Waals surface area contributed by atoms with E-state index in [-0.39, 0.29) is 4.77 Å². The first kappa shape index (κ1) is 15.2. The summed E-state index contributed by atoms with van der Waals surface area (Å²) in [5.74, 6) is -2.12. The van der Waals surface area contributed by atoms with E-state index in [0.29, 0.717) is 0 Å². The standard InChI is InChI=1S/C11H14F2N2O4S/c1-11(13)5(3-16)7(4-17)19-9(11)15-2-6(12)8(18)14-10(15)20/h2,5,7,9,16-17H,3-4H2,1H3,(H,14,18,20)/t5?,7-,9-,11?/m1/s1. The Balaban J connectivity index is 2.51. The molecule has 0 radical (unpaired) electrons. The van der Waals surface area contributed by atoms with Crippen LogP contribution in [0.1, 0.15) is 13.2 Å². The van der Waals surface area contributed by atoms with Crippen LogP contribution in [0.15, 0.2) is 11.0 Å². The lowest BCUT2D eigenvalue weighted by molar-refractivity contribution is -0.0605. The van der Waals surface area contributed by atoms with Crippen molar-refractivity contribution in [1.29, 1.82) is 0 Å². The monoisotopic (exact) mass is 308 g/mol. The lowest BCUT2D eigenvalue weighted by Gasteiger charge is -2.27. The zero-order valence-corrected chi connectivity index (χ0v) is 11.4. The number of H-pyrrole nitrogens is 1. The number of aliphatic hydroxyl groups is 2. The van der Waals surface area contributed by atoms with E-state index in [0.717, 1.165) is 10.8 Å². The van der Waals surface area contributed by atoms with Gasteiger partial charge in [-0.05, 0) is 19.1 Å². The van der Waals surface area contributed by atoms with Gasteiger partial charge >= 0.3 is 0 Å². The van der Waals surface area contributed by atoms with Crippen LogP contribution in [0.3, 0.4) is 0 Å². The molecule has 0 bridgehead atoms. The van der Waals surface area contributed by atoms with Gasteiger partial charge in [-0.3, -0.25) is 14.3 Å². The molecule has 1 aliphatic heterocycles. The van der Waals surface area contributed by atoms with Crippen LogP contribution < -0.4 is 5.56 Å². The summed E-state index contributed by atoms with van der Waals surface area (Å²) >= 11 is 4.86. The Morgan fingerprint density at radius 1 is 1.55 bits per heavy atom. The Kier molecular flexibility index (Phi) is 4.05. The molecule has 4 atom stereocenters. The molecule has 20 heavy (non-hydrogen) atoms. The van der Waals surface area contributed by atoms with E-state index in [1.807, 2.05) is 0 Å². The van der Waals surface area contributed by atoms with Crippen LogP contribution in [0.5, 0.6) is 0 Å². The number of ether oxygens (including phenoxy) is 1. The van der Waals surface area contributed by atoms with E-state index in [9.17, 15) is 18.7 Å². The van der Waals surface area contributed by atoms with Crippen molar-refractivity contribution < 1.29 is 23.7 Å². The third-order valence-electron chi connectivity index (χ3n) is 3.51. The number of alkyl halides is 1. The van der Waals surface area contributed by atoms with Crippen molar-refractivity contribution in [3.8, 4) is 0 Å². The molecule has 1 aliphatic rings. The van der Waals surface area contributed by atoms with Gasteiger partial charge in [-0.1, -0.05) is 0 Å². The predicted octanol–water partition coefficient (Wildman–Crippen LogP) is 0.271. The molecular formula is C11H14F2N2O4S. The first-order valence-corrected chi connectivity index (χ1v) is 6.30. The van der Waals surface area contributed by atoms with Crippen molar-refractivity contribution in [3.63, 3.8) is 0 Å². The maximum atomic E-state index is 14.8. The summed E-state index contributed by atoms with van der Waals surface area (Å²) in [6.45, 7) is 0.118. The quantitative estimate of drug-likeness (QED) is 0.698. The highest BCUT2D eigenvalue weighted by Gasteiger charge is 2.54. The Hall–Kier alpha value is -1.16. The van der Waals surface area contributed by atoms with Crippen LogP contribution in [0.25, 0.3) is 0 Å². The van der Waals surface area contributed by atoms with Crippen molar-refractivity contribution in [2.45, 2.75) is 24.9 Å². The minimum Gasteiger partial charge on any atom is -0.396 e. The molecule has 2 rings (SSSR count). The molecule has 3 N–H and O–H groups in total. The zero-order valence-electron chi connectivity index (χ0n) is 10.5. The van der Waals surface area contributed by atoms with Crippen LogP contribution in [0, 0.1) is 16.5 Å². The van der Waals surface area contributed by atoms with E-state index in [1.54, 1.807) is 0 Å². The number of nitrogens with zero attached hydrogens (tertiary/aromatic N) is 1. The van der Waals surface area contributed by atoms with E-state index in [4.69, 9.17) is 22.1 Å². The second kappa shape index (κ2) is 5.32. The number of hydrogen-bond acceptors (Lipinski definition) is 5. The van der Waals surface area contributed by atoms with Gasteiger partial charge in [-0.25, -0.2) is 4.39 Å². The second-order valence-corrected chi connectivity index (χ2v) is 5.18. The van der Waals surface area contributed by atoms with Gasteiger partial charge in [0.25, 0.3) is 5.56 Å². The number of hydrogen-bond donors (Lipinski definition) is 3. The fourth-order valence-electron chi connectivity index (χ4n) is 2.38. The highest BCUT2D eigenvalue weighted by molar-refractivity contribution is 7.71. The molecule has 0 saturated carbocycles. The van der Waals surface area contributed by atoms with Gasteiger partial charge in [0, 0.05) is 5.92 Å². The van der Waals surface area contributed by atoms with Crippen molar-refractivity contribution in [1.82, 2.24) is 9.55 Å². The van der Waals surface area contributed by atoms with Crippen molar-refractivity contribution in [2.24, 2.45) is 5.92 Å². The zero-order chi connectivity index (χ0) is 15.1. The lowest BCUT2D eigenvalue weighted by atomic mass is 9.89. The normalized spacial score (nSPS) is 33.5. The summed E-state index contributed by atoms with van der Waals surface area (Å²) in [6, 6.07) is 0. The molecule has 0 aliphatic carbocycles. The summed E-state index contributed by atoms with van der Waals surface area (Å²) in [7, 11) is 0. The average Bonchev–Trinajstić information content (AvgIpc) is 2.64. The van der Waals surface area contributed by atoms with E-state index < -0.39 is 48.5 Å². The molecule has 2 unspecified atom stereocenters. The summed E-state index contributed by atoms with van der Waals surface area (Å²) in [4.78, 5) is 13.1. The Labute approximate surface area is 117 Å². The maximum Gasteiger partial charge on any atom is 0.287 e. The summed E-state index contributed by atoms with van der Waals surface area (Å²) in [5, 5.41) is 18.4. The van der Waals surface area contributed by atoms with Crippen molar-refractivity contribution in [2.75, 3.05) is 13.2 Å². The van der Waals surface area contributed by atoms with Crippen LogP contribution in [0.4, 0.5) is 8.78 Å². The van der Waals surface area contributed by atoms with Gasteiger partial charge in [0.1, 0.15) is 0 Å². The molecule has 1 aromatic rings. The Bertz CT molecular complexity index is 615. The molecule has 2 heterocycles.